The number of hydrogen-bond donors (Lipinski definition) is 1. The molecule has 28 heavy (non-hydrogen) atoms. The van der Waals surface area contributed by atoms with Gasteiger partial charge >= 0.3 is 0 Å². The lowest BCUT2D eigenvalue weighted by molar-refractivity contribution is 0.369. The number of piperidine rings is 1. The minimum absolute atomic E-state index is 0.368. The molecule has 1 aliphatic heterocycles. The molecule has 0 bridgehead atoms. The first-order valence-electron chi connectivity index (χ1n) is 10.3. The molecule has 1 aromatic heterocycles. The van der Waals surface area contributed by atoms with E-state index >= 15 is 0 Å². The molecule has 0 aliphatic carbocycles. The van der Waals surface area contributed by atoms with E-state index < -0.39 is 0 Å². The number of guanidine groups is 1. The summed E-state index contributed by atoms with van der Waals surface area (Å²) in [4.78, 5) is 9.00. The molecule has 0 spiro atoms. The highest BCUT2D eigenvalue weighted by molar-refractivity contribution is 5.79. The second kappa shape index (κ2) is 9.62. The zero-order valence-corrected chi connectivity index (χ0v) is 17.6. The summed E-state index contributed by atoms with van der Waals surface area (Å²) in [6.07, 6.45) is 3.96. The third-order valence-electron chi connectivity index (χ3n) is 5.24. The summed E-state index contributed by atoms with van der Waals surface area (Å²) in [5.74, 6) is 2.03. The molecule has 0 saturated carbocycles. The van der Waals surface area contributed by atoms with Crippen molar-refractivity contribution in [1.82, 2.24) is 15.4 Å². The van der Waals surface area contributed by atoms with Crippen molar-refractivity contribution in [2.45, 2.75) is 52.1 Å². The predicted octanol–water partition coefficient (Wildman–Crippen LogP) is 4.00. The third kappa shape index (κ3) is 5.27. The Morgan fingerprint density at radius 1 is 1.21 bits per heavy atom. The van der Waals surface area contributed by atoms with Crippen LogP contribution in [-0.4, -0.2) is 43.2 Å². The van der Waals surface area contributed by atoms with Crippen LogP contribution in [0.3, 0.4) is 0 Å². The summed E-state index contributed by atoms with van der Waals surface area (Å²) in [5, 5.41) is 7.46. The first-order valence-corrected chi connectivity index (χ1v) is 10.3. The highest BCUT2D eigenvalue weighted by Crippen LogP contribution is 2.20. The Labute approximate surface area is 168 Å². The van der Waals surface area contributed by atoms with Gasteiger partial charge in [-0.2, -0.15) is 0 Å². The molecule has 2 aromatic rings. The number of anilines is 1. The minimum Gasteiger partial charge on any atom is -0.372 e. The van der Waals surface area contributed by atoms with Gasteiger partial charge in [0.25, 0.3) is 0 Å². The predicted molar refractivity (Wildman–Crippen MR) is 115 cm³/mol. The molecule has 6 nitrogen and oxygen atoms in total. The van der Waals surface area contributed by atoms with Gasteiger partial charge in [-0.3, -0.25) is 4.99 Å². The molecular weight excluding hydrogens is 350 g/mol. The summed E-state index contributed by atoms with van der Waals surface area (Å²) in [7, 11) is 3.85. The molecule has 1 N–H and O–H groups in total. The molecule has 6 heteroatoms. The molecule has 0 unspecified atom stereocenters. The molecule has 0 radical (unpaired) electrons. The summed E-state index contributed by atoms with van der Waals surface area (Å²) >= 11 is 0. The van der Waals surface area contributed by atoms with Crippen LogP contribution in [0.25, 0.3) is 0 Å². The van der Waals surface area contributed by atoms with Crippen molar-refractivity contribution in [2.75, 3.05) is 32.1 Å². The topological polar surface area (TPSA) is 56.9 Å². The Balaban J connectivity index is 1.53. The van der Waals surface area contributed by atoms with Gasteiger partial charge in [0, 0.05) is 45.5 Å². The maximum Gasteiger partial charge on any atom is 0.194 e. The Hall–Kier alpha value is -2.50. The molecule has 1 fully saturated rings. The van der Waals surface area contributed by atoms with E-state index in [-0.39, 0.29) is 0 Å². The van der Waals surface area contributed by atoms with Gasteiger partial charge in [-0.05, 0) is 42.9 Å². The van der Waals surface area contributed by atoms with Crippen molar-refractivity contribution in [2.24, 2.45) is 4.99 Å². The lowest BCUT2D eigenvalue weighted by atomic mass is 10.1. The monoisotopic (exact) mass is 383 g/mol. The number of benzene rings is 1. The van der Waals surface area contributed by atoms with E-state index in [1.165, 1.54) is 43.6 Å². The van der Waals surface area contributed by atoms with Crippen LogP contribution in [0.4, 0.5) is 5.69 Å². The van der Waals surface area contributed by atoms with Crippen molar-refractivity contribution >= 4 is 11.6 Å². The van der Waals surface area contributed by atoms with E-state index in [1.807, 2.05) is 13.1 Å². The van der Waals surface area contributed by atoms with Crippen LogP contribution < -0.4 is 10.2 Å². The highest BCUT2D eigenvalue weighted by Gasteiger charge is 2.12. The van der Waals surface area contributed by atoms with Crippen molar-refractivity contribution < 1.29 is 4.52 Å². The van der Waals surface area contributed by atoms with Crippen molar-refractivity contribution in [3.8, 4) is 0 Å². The van der Waals surface area contributed by atoms with E-state index in [9.17, 15) is 0 Å². The smallest absolute Gasteiger partial charge is 0.194 e. The fourth-order valence-corrected chi connectivity index (χ4v) is 3.55. The zero-order chi connectivity index (χ0) is 19.9. The first kappa shape index (κ1) is 20.2. The highest BCUT2D eigenvalue weighted by atomic mass is 16.5. The van der Waals surface area contributed by atoms with Crippen molar-refractivity contribution in [1.29, 1.82) is 0 Å². The van der Waals surface area contributed by atoms with Gasteiger partial charge in [0.15, 0.2) is 11.7 Å². The molecule has 3 rings (SSSR count). The minimum atomic E-state index is 0.368. The molecule has 0 amide bonds. The molecule has 1 aliphatic rings. The average Bonchev–Trinajstić information content (AvgIpc) is 3.19. The number of rotatable bonds is 6. The second-order valence-corrected chi connectivity index (χ2v) is 7.84. The van der Waals surface area contributed by atoms with E-state index in [4.69, 9.17) is 4.52 Å². The Morgan fingerprint density at radius 3 is 2.54 bits per heavy atom. The molecule has 0 atom stereocenters. The summed E-state index contributed by atoms with van der Waals surface area (Å²) < 4.78 is 5.40. The normalized spacial score (nSPS) is 15.2. The molecule has 152 valence electrons. The van der Waals surface area contributed by atoms with E-state index in [2.05, 4.69) is 63.4 Å². The first-order chi connectivity index (χ1) is 13.6. The zero-order valence-electron chi connectivity index (χ0n) is 17.6. The number of aliphatic imine (C=N–C) groups is 1. The van der Waals surface area contributed by atoms with Gasteiger partial charge in [0.05, 0.1) is 12.2 Å². The second-order valence-electron chi connectivity index (χ2n) is 7.84. The number of hydrogen-bond acceptors (Lipinski definition) is 4. The largest absolute Gasteiger partial charge is 0.372 e. The average molecular weight is 384 g/mol. The quantitative estimate of drug-likeness (QED) is 0.604. The van der Waals surface area contributed by atoms with Crippen LogP contribution in [0, 0.1) is 0 Å². The van der Waals surface area contributed by atoms with Crippen LogP contribution in [0.1, 0.15) is 56.0 Å². The van der Waals surface area contributed by atoms with Crippen LogP contribution >= 0.6 is 0 Å². The lowest BCUT2D eigenvalue weighted by Gasteiger charge is -2.29. The lowest BCUT2D eigenvalue weighted by Crippen LogP contribution is -2.38. The van der Waals surface area contributed by atoms with Crippen LogP contribution in [0.2, 0.25) is 0 Å². The van der Waals surface area contributed by atoms with Crippen LogP contribution in [-0.2, 0) is 13.1 Å². The standard InChI is InChI=1S/C22H33N5O/c1-17(2)21-14-20(28-25-21)15-24-22(23-3)26(4)16-18-8-10-19(11-9-18)27-12-6-5-7-13-27/h8-11,14,17H,5-7,12-13,15-16H2,1-4H3,(H,23,24). The van der Waals surface area contributed by atoms with Crippen LogP contribution in [0.5, 0.6) is 0 Å². The molecule has 1 aromatic carbocycles. The van der Waals surface area contributed by atoms with Gasteiger partial charge in [-0.1, -0.05) is 31.1 Å². The summed E-state index contributed by atoms with van der Waals surface area (Å²) in [6.45, 7) is 7.95. The fourth-order valence-electron chi connectivity index (χ4n) is 3.55. The van der Waals surface area contributed by atoms with Gasteiger partial charge in [0.1, 0.15) is 0 Å². The van der Waals surface area contributed by atoms with Gasteiger partial charge in [-0.15, -0.1) is 0 Å². The Bertz CT molecular complexity index is 759. The Morgan fingerprint density at radius 2 is 1.93 bits per heavy atom. The molecule has 2 heterocycles. The van der Waals surface area contributed by atoms with Gasteiger partial charge in [-0.25, -0.2) is 0 Å². The third-order valence-corrected chi connectivity index (χ3v) is 5.24. The number of nitrogens with one attached hydrogen (secondary N) is 1. The SMILES string of the molecule is CN=C(NCc1cc(C(C)C)no1)N(C)Cc1ccc(N2CCCCC2)cc1. The van der Waals surface area contributed by atoms with Crippen molar-refractivity contribution in [3.05, 3.63) is 47.3 Å². The molecular formula is C22H33N5O. The van der Waals surface area contributed by atoms with Gasteiger partial charge in [0.2, 0.25) is 0 Å². The Kier molecular flexibility index (Phi) is 6.95. The van der Waals surface area contributed by atoms with Gasteiger partial charge < -0.3 is 19.6 Å². The van der Waals surface area contributed by atoms with Crippen LogP contribution in [0.15, 0.2) is 39.8 Å². The van der Waals surface area contributed by atoms with E-state index in [0.717, 1.165) is 24.0 Å². The maximum atomic E-state index is 5.40. The summed E-state index contributed by atoms with van der Waals surface area (Å²) in [5.41, 5.74) is 3.58. The fraction of sp³-hybridized carbons (Fsp3) is 0.545. The van der Waals surface area contributed by atoms with Crippen molar-refractivity contribution in [3.63, 3.8) is 0 Å². The van der Waals surface area contributed by atoms with E-state index in [1.54, 1.807) is 7.05 Å². The molecule has 1 saturated heterocycles. The van der Waals surface area contributed by atoms with E-state index in [0.29, 0.717) is 12.5 Å². The number of aromatic nitrogens is 1. The maximum absolute atomic E-state index is 5.40. The summed E-state index contributed by atoms with van der Waals surface area (Å²) in [6, 6.07) is 10.9. The number of nitrogens with zero attached hydrogens (tertiary/aromatic N) is 4.